The van der Waals surface area contributed by atoms with Gasteiger partial charge in [-0.25, -0.2) is 14.6 Å². The first-order valence-electron chi connectivity index (χ1n) is 11.0. The minimum Gasteiger partial charge on any atom is -0.497 e. The van der Waals surface area contributed by atoms with Crippen LogP contribution >= 0.6 is 0 Å². The summed E-state index contributed by atoms with van der Waals surface area (Å²) in [4.78, 5) is 23.6. The Morgan fingerprint density at radius 1 is 1.11 bits per heavy atom. The normalized spacial score (nSPS) is 11.7. The van der Waals surface area contributed by atoms with Crippen molar-refractivity contribution in [3.8, 4) is 28.7 Å². The summed E-state index contributed by atoms with van der Waals surface area (Å²) in [5.74, 6) is 1.37. The highest BCUT2D eigenvalue weighted by molar-refractivity contribution is 5.95. The third kappa shape index (κ3) is 4.99. The van der Waals surface area contributed by atoms with Crippen LogP contribution < -0.4 is 9.47 Å². The molecule has 0 spiro atoms. The fourth-order valence-electron chi connectivity index (χ4n) is 3.76. The average molecular weight is 474 g/mol. The molecule has 0 fully saturated rings. The lowest BCUT2D eigenvalue weighted by Crippen LogP contribution is -2.31. The SMILES string of the molecule is COc1ccc(OC)c(-c2ccnc(-n3ncc(C(=O)N(C)CC(O)c4ccccc4)c3C)n2)c1. The number of hydrogen-bond acceptors (Lipinski definition) is 7. The van der Waals surface area contributed by atoms with Crippen molar-refractivity contribution in [2.75, 3.05) is 27.8 Å². The summed E-state index contributed by atoms with van der Waals surface area (Å²) < 4.78 is 12.3. The van der Waals surface area contributed by atoms with E-state index in [1.54, 1.807) is 40.5 Å². The molecule has 0 bridgehead atoms. The fraction of sp³-hybridized carbons (Fsp3) is 0.231. The van der Waals surface area contributed by atoms with E-state index in [2.05, 4.69) is 15.1 Å². The van der Waals surface area contributed by atoms with E-state index in [1.165, 1.54) is 15.8 Å². The molecule has 0 radical (unpaired) electrons. The van der Waals surface area contributed by atoms with Crippen LogP contribution in [0, 0.1) is 6.92 Å². The molecule has 4 rings (SSSR count). The van der Waals surface area contributed by atoms with Gasteiger partial charge in [-0.05, 0) is 36.8 Å². The number of carbonyl (C=O) groups excluding carboxylic acids is 1. The van der Waals surface area contributed by atoms with Crippen molar-refractivity contribution in [1.82, 2.24) is 24.6 Å². The molecule has 0 saturated carbocycles. The highest BCUT2D eigenvalue weighted by Gasteiger charge is 2.22. The maximum absolute atomic E-state index is 13.1. The summed E-state index contributed by atoms with van der Waals surface area (Å²) in [5, 5.41) is 14.9. The van der Waals surface area contributed by atoms with Crippen molar-refractivity contribution in [2.24, 2.45) is 0 Å². The van der Waals surface area contributed by atoms with Gasteiger partial charge in [0.1, 0.15) is 11.5 Å². The molecular weight excluding hydrogens is 446 g/mol. The zero-order chi connectivity index (χ0) is 24.9. The first-order valence-corrected chi connectivity index (χ1v) is 11.0. The van der Waals surface area contributed by atoms with Crippen LogP contribution in [0.15, 0.2) is 67.0 Å². The van der Waals surface area contributed by atoms with Crippen LogP contribution in [0.2, 0.25) is 0 Å². The van der Waals surface area contributed by atoms with Gasteiger partial charge in [-0.2, -0.15) is 5.10 Å². The van der Waals surface area contributed by atoms with E-state index < -0.39 is 6.10 Å². The van der Waals surface area contributed by atoms with E-state index in [0.717, 1.165) is 11.1 Å². The van der Waals surface area contributed by atoms with E-state index in [0.29, 0.717) is 34.4 Å². The second-order valence-corrected chi connectivity index (χ2v) is 7.98. The summed E-state index contributed by atoms with van der Waals surface area (Å²) in [6.45, 7) is 1.93. The number of aromatic nitrogens is 4. The molecule has 9 heteroatoms. The molecule has 1 N–H and O–H groups in total. The molecule has 1 amide bonds. The van der Waals surface area contributed by atoms with Crippen LogP contribution in [0.1, 0.15) is 27.7 Å². The Kier molecular flexibility index (Phi) is 7.07. The molecule has 9 nitrogen and oxygen atoms in total. The lowest BCUT2D eigenvalue weighted by molar-refractivity contribution is 0.0680. The number of carbonyl (C=O) groups is 1. The zero-order valence-corrected chi connectivity index (χ0v) is 20.0. The maximum atomic E-state index is 13.1. The van der Waals surface area contributed by atoms with Crippen LogP contribution in [0.5, 0.6) is 11.5 Å². The van der Waals surface area contributed by atoms with E-state index in [9.17, 15) is 9.90 Å². The van der Waals surface area contributed by atoms with Crippen LogP contribution in [0.3, 0.4) is 0 Å². The van der Waals surface area contributed by atoms with E-state index >= 15 is 0 Å². The number of amides is 1. The summed E-state index contributed by atoms with van der Waals surface area (Å²) in [7, 11) is 4.84. The third-order valence-electron chi connectivity index (χ3n) is 5.73. The Morgan fingerprint density at radius 2 is 1.89 bits per heavy atom. The zero-order valence-electron chi connectivity index (χ0n) is 20.0. The number of ether oxygens (including phenoxy) is 2. The van der Waals surface area contributed by atoms with Gasteiger partial charge in [0.15, 0.2) is 0 Å². The Bertz CT molecular complexity index is 1320. The molecule has 1 unspecified atom stereocenters. The van der Waals surface area contributed by atoms with Crippen LogP contribution in [0.25, 0.3) is 17.2 Å². The first-order chi connectivity index (χ1) is 16.9. The second kappa shape index (κ2) is 10.4. The summed E-state index contributed by atoms with van der Waals surface area (Å²) >= 11 is 0. The monoisotopic (exact) mass is 473 g/mol. The minimum absolute atomic E-state index is 0.148. The average Bonchev–Trinajstić information content (AvgIpc) is 3.29. The van der Waals surface area contributed by atoms with Gasteiger partial charge in [0.25, 0.3) is 11.9 Å². The van der Waals surface area contributed by atoms with Crippen molar-refractivity contribution in [1.29, 1.82) is 0 Å². The van der Waals surface area contributed by atoms with Crippen LogP contribution in [0.4, 0.5) is 0 Å². The lowest BCUT2D eigenvalue weighted by atomic mass is 10.1. The van der Waals surface area contributed by atoms with Gasteiger partial charge in [0, 0.05) is 18.8 Å². The number of rotatable bonds is 8. The van der Waals surface area contributed by atoms with Crippen molar-refractivity contribution < 1.29 is 19.4 Å². The molecular formula is C26H27N5O4. The largest absolute Gasteiger partial charge is 0.497 e. The molecule has 35 heavy (non-hydrogen) atoms. The minimum atomic E-state index is -0.793. The predicted octanol–water partition coefficient (Wildman–Crippen LogP) is 3.46. The molecule has 0 aliphatic carbocycles. The second-order valence-electron chi connectivity index (χ2n) is 7.98. The van der Waals surface area contributed by atoms with Crippen LogP contribution in [-0.2, 0) is 0 Å². The Hall–Kier alpha value is -4.24. The van der Waals surface area contributed by atoms with E-state index in [-0.39, 0.29) is 12.5 Å². The van der Waals surface area contributed by atoms with Gasteiger partial charge in [-0.15, -0.1) is 0 Å². The van der Waals surface area contributed by atoms with Gasteiger partial charge >= 0.3 is 0 Å². The molecule has 180 valence electrons. The van der Waals surface area contributed by atoms with Crippen molar-refractivity contribution >= 4 is 5.91 Å². The number of hydrogen-bond donors (Lipinski definition) is 1. The number of aliphatic hydroxyl groups is 1. The van der Waals surface area contributed by atoms with E-state index in [4.69, 9.17) is 9.47 Å². The third-order valence-corrected chi connectivity index (χ3v) is 5.73. The quantitative estimate of drug-likeness (QED) is 0.418. The van der Waals surface area contributed by atoms with E-state index in [1.807, 2.05) is 48.5 Å². The first kappa shape index (κ1) is 23.9. The lowest BCUT2D eigenvalue weighted by Gasteiger charge is -2.21. The Balaban J connectivity index is 1.59. The van der Waals surface area contributed by atoms with Gasteiger partial charge < -0.3 is 19.5 Å². The summed E-state index contributed by atoms with van der Waals surface area (Å²) in [5.41, 5.74) is 3.10. The fourth-order valence-corrected chi connectivity index (χ4v) is 3.76. The van der Waals surface area contributed by atoms with Gasteiger partial charge in [-0.1, -0.05) is 30.3 Å². The van der Waals surface area contributed by atoms with Gasteiger partial charge in [0.05, 0.1) is 50.0 Å². The van der Waals surface area contributed by atoms with Gasteiger partial charge in [-0.3, -0.25) is 4.79 Å². The van der Waals surface area contributed by atoms with Gasteiger partial charge in [0.2, 0.25) is 0 Å². The standard InChI is InChI=1S/C26H27N5O4/c1-17-21(25(33)30(2)16-23(32)18-8-6-5-7-9-18)15-28-31(17)26-27-13-12-22(29-26)20-14-19(34-3)10-11-24(20)35-4/h5-15,23,32H,16H2,1-4H3. The number of likely N-dealkylation sites (N-methyl/N-ethyl adjacent to an activating group) is 1. The molecule has 0 aliphatic heterocycles. The number of nitrogens with zero attached hydrogens (tertiary/aromatic N) is 5. The summed E-state index contributed by atoms with van der Waals surface area (Å²) in [6, 6.07) is 16.5. The van der Waals surface area contributed by atoms with Crippen molar-refractivity contribution in [2.45, 2.75) is 13.0 Å². The molecule has 4 aromatic rings. The molecule has 2 aromatic carbocycles. The molecule has 0 saturated heterocycles. The van der Waals surface area contributed by atoms with Crippen LogP contribution in [-0.4, -0.2) is 63.5 Å². The summed E-state index contributed by atoms with van der Waals surface area (Å²) in [6.07, 6.45) is 2.32. The molecule has 2 heterocycles. The van der Waals surface area contributed by atoms with Crippen molar-refractivity contribution in [3.63, 3.8) is 0 Å². The highest BCUT2D eigenvalue weighted by Crippen LogP contribution is 2.32. The highest BCUT2D eigenvalue weighted by atomic mass is 16.5. The number of benzene rings is 2. The molecule has 0 aliphatic rings. The smallest absolute Gasteiger partial charge is 0.257 e. The Morgan fingerprint density at radius 3 is 2.60 bits per heavy atom. The maximum Gasteiger partial charge on any atom is 0.257 e. The molecule has 1 atom stereocenters. The Labute approximate surface area is 203 Å². The number of methoxy groups -OCH3 is 2. The number of aliphatic hydroxyl groups excluding tert-OH is 1. The topological polar surface area (TPSA) is 103 Å². The predicted molar refractivity (Wildman–Crippen MR) is 131 cm³/mol. The molecule has 2 aromatic heterocycles. The van der Waals surface area contributed by atoms with Crippen molar-refractivity contribution in [3.05, 3.63) is 83.8 Å².